The molecule has 0 radical (unpaired) electrons. The molecule has 0 aliphatic rings. The summed E-state index contributed by atoms with van der Waals surface area (Å²) in [4.78, 5) is 4.38. The molecule has 4 nitrogen and oxygen atoms in total. The summed E-state index contributed by atoms with van der Waals surface area (Å²) in [5.74, 6) is 0. The highest BCUT2D eigenvalue weighted by Gasteiger charge is 1.99. The molecule has 1 aromatic carbocycles. The minimum absolute atomic E-state index is 0.974. The van der Waals surface area contributed by atoms with E-state index in [1.807, 2.05) is 12.4 Å². The fraction of sp³-hybridized carbons (Fsp3) is 0.500. The standard InChI is InChI=1S/C14H22N4/c1-2-15-8-5-9-16-10-11-18-12-17-13-6-3-4-7-14(13)18/h3-4,6-7,12,15-16H,2,5,8-11H2,1H3. The largest absolute Gasteiger partial charge is 0.329 e. The van der Waals surface area contributed by atoms with Crippen LogP contribution in [0.15, 0.2) is 30.6 Å². The van der Waals surface area contributed by atoms with Crippen molar-refractivity contribution in [1.82, 2.24) is 20.2 Å². The first-order valence-electron chi connectivity index (χ1n) is 6.73. The topological polar surface area (TPSA) is 41.9 Å². The van der Waals surface area contributed by atoms with Crippen LogP contribution in [0.5, 0.6) is 0 Å². The van der Waals surface area contributed by atoms with E-state index in [1.54, 1.807) is 0 Å². The molecule has 0 bridgehead atoms. The molecule has 1 aromatic heterocycles. The number of aromatic nitrogens is 2. The monoisotopic (exact) mass is 246 g/mol. The van der Waals surface area contributed by atoms with Crippen molar-refractivity contribution in [3.05, 3.63) is 30.6 Å². The first-order chi connectivity index (χ1) is 8.92. The second-order valence-electron chi connectivity index (χ2n) is 4.38. The number of nitrogens with one attached hydrogen (secondary N) is 2. The Kier molecular flexibility index (Phi) is 5.17. The normalized spacial score (nSPS) is 11.2. The van der Waals surface area contributed by atoms with E-state index in [1.165, 1.54) is 11.9 Å². The molecule has 0 aliphatic heterocycles. The molecule has 2 N–H and O–H groups in total. The Bertz CT molecular complexity index is 464. The summed E-state index contributed by atoms with van der Waals surface area (Å²) in [5, 5.41) is 6.78. The van der Waals surface area contributed by atoms with Crippen molar-refractivity contribution in [1.29, 1.82) is 0 Å². The summed E-state index contributed by atoms with van der Waals surface area (Å²) >= 11 is 0. The van der Waals surface area contributed by atoms with Crippen LogP contribution in [-0.2, 0) is 6.54 Å². The summed E-state index contributed by atoms with van der Waals surface area (Å²) in [6, 6.07) is 8.26. The van der Waals surface area contributed by atoms with E-state index in [9.17, 15) is 0 Å². The van der Waals surface area contributed by atoms with Crippen LogP contribution < -0.4 is 10.6 Å². The lowest BCUT2D eigenvalue weighted by molar-refractivity contribution is 0.572. The van der Waals surface area contributed by atoms with Gasteiger partial charge in [0.1, 0.15) is 0 Å². The number of imidazole rings is 1. The highest BCUT2D eigenvalue weighted by molar-refractivity contribution is 5.74. The van der Waals surface area contributed by atoms with E-state index < -0.39 is 0 Å². The van der Waals surface area contributed by atoms with Crippen molar-refractivity contribution < 1.29 is 0 Å². The quantitative estimate of drug-likeness (QED) is 0.696. The van der Waals surface area contributed by atoms with Gasteiger partial charge in [0.25, 0.3) is 0 Å². The van der Waals surface area contributed by atoms with Gasteiger partial charge in [0.15, 0.2) is 0 Å². The maximum Gasteiger partial charge on any atom is 0.0958 e. The third kappa shape index (κ3) is 3.55. The molecule has 2 aromatic rings. The molecule has 98 valence electrons. The summed E-state index contributed by atoms with van der Waals surface area (Å²) in [6.07, 6.45) is 3.10. The fourth-order valence-electron chi connectivity index (χ4n) is 2.03. The van der Waals surface area contributed by atoms with Gasteiger partial charge in [-0.1, -0.05) is 19.1 Å². The second-order valence-corrected chi connectivity index (χ2v) is 4.38. The molecule has 0 aliphatic carbocycles. The van der Waals surface area contributed by atoms with Crippen molar-refractivity contribution in [2.24, 2.45) is 0 Å². The van der Waals surface area contributed by atoms with Gasteiger partial charge in [-0.3, -0.25) is 0 Å². The zero-order chi connectivity index (χ0) is 12.6. The predicted molar refractivity (Wildman–Crippen MR) is 75.8 cm³/mol. The Morgan fingerprint density at radius 2 is 1.94 bits per heavy atom. The van der Waals surface area contributed by atoms with Crippen LogP contribution in [0.2, 0.25) is 0 Å². The first-order valence-corrected chi connectivity index (χ1v) is 6.73. The Balaban J connectivity index is 1.70. The molecular weight excluding hydrogens is 224 g/mol. The van der Waals surface area contributed by atoms with Crippen LogP contribution in [0, 0.1) is 0 Å². The number of hydrogen-bond acceptors (Lipinski definition) is 3. The zero-order valence-corrected chi connectivity index (χ0v) is 11.0. The minimum atomic E-state index is 0.974. The van der Waals surface area contributed by atoms with Crippen molar-refractivity contribution in [3.8, 4) is 0 Å². The van der Waals surface area contributed by atoms with Crippen molar-refractivity contribution >= 4 is 11.0 Å². The maximum absolute atomic E-state index is 4.38. The molecule has 0 saturated carbocycles. The first kappa shape index (κ1) is 13.1. The average Bonchev–Trinajstić information content (AvgIpc) is 2.81. The number of nitrogens with zero attached hydrogens (tertiary/aromatic N) is 2. The van der Waals surface area contributed by atoms with E-state index in [-0.39, 0.29) is 0 Å². The molecule has 0 spiro atoms. The van der Waals surface area contributed by atoms with E-state index in [4.69, 9.17) is 0 Å². The maximum atomic E-state index is 4.38. The molecule has 0 atom stereocenters. The van der Waals surface area contributed by atoms with Gasteiger partial charge in [-0.15, -0.1) is 0 Å². The lowest BCUT2D eigenvalue weighted by atomic mass is 10.3. The Morgan fingerprint density at radius 3 is 2.83 bits per heavy atom. The Hall–Kier alpha value is -1.39. The molecule has 0 unspecified atom stereocenters. The van der Waals surface area contributed by atoms with Gasteiger partial charge in [-0.05, 0) is 38.2 Å². The SMILES string of the molecule is CCNCCCNCCn1cnc2ccccc21. The Morgan fingerprint density at radius 1 is 1.11 bits per heavy atom. The van der Waals surface area contributed by atoms with Gasteiger partial charge in [0.2, 0.25) is 0 Å². The van der Waals surface area contributed by atoms with Gasteiger partial charge in [-0.25, -0.2) is 4.98 Å². The van der Waals surface area contributed by atoms with Crippen molar-refractivity contribution in [2.45, 2.75) is 19.9 Å². The zero-order valence-electron chi connectivity index (χ0n) is 11.0. The summed E-state index contributed by atoms with van der Waals surface area (Å²) in [5.41, 5.74) is 2.29. The van der Waals surface area contributed by atoms with Gasteiger partial charge < -0.3 is 15.2 Å². The number of rotatable bonds is 8. The van der Waals surface area contributed by atoms with Crippen LogP contribution >= 0.6 is 0 Å². The highest BCUT2D eigenvalue weighted by Crippen LogP contribution is 2.10. The lowest BCUT2D eigenvalue weighted by Gasteiger charge is -2.06. The summed E-state index contributed by atoms with van der Waals surface area (Å²) in [6.45, 7) is 7.32. The second kappa shape index (κ2) is 7.13. The van der Waals surface area contributed by atoms with Crippen LogP contribution in [0.4, 0.5) is 0 Å². The van der Waals surface area contributed by atoms with Gasteiger partial charge in [-0.2, -0.15) is 0 Å². The molecule has 18 heavy (non-hydrogen) atoms. The van der Waals surface area contributed by atoms with Crippen LogP contribution in [0.25, 0.3) is 11.0 Å². The fourth-order valence-corrected chi connectivity index (χ4v) is 2.03. The van der Waals surface area contributed by atoms with E-state index in [0.717, 1.165) is 38.2 Å². The number of benzene rings is 1. The molecule has 4 heteroatoms. The third-order valence-electron chi connectivity index (χ3n) is 3.01. The number of hydrogen-bond donors (Lipinski definition) is 2. The molecule has 0 amide bonds. The molecule has 0 saturated heterocycles. The van der Waals surface area contributed by atoms with Crippen LogP contribution in [-0.4, -0.2) is 35.7 Å². The average molecular weight is 246 g/mol. The van der Waals surface area contributed by atoms with E-state index >= 15 is 0 Å². The third-order valence-corrected chi connectivity index (χ3v) is 3.01. The van der Waals surface area contributed by atoms with Crippen LogP contribution in [0.3, 0.4) is 0 Å². The van der Waals surface area contributed by atoms with Gasteiger partial charge in [0, 0.05) is 13.1 Å². The van der Waals surface area contributed by atoms with Gasteiger partial charge >= 0.3 is 0 Å². The summed E-state index contributed by atoms with van der Waals surface area (Å²) < 4.78 is 2.20. The molecule has 0 fully saturated rings. The Labute approximate surface area is 108 Å². The van der Waals surface area contributed by atoms with E-state index in [2.05, 4.69) is 45.3 Å². The highest BCUT2D eigenvalue weighted by atomic mass is 15.1. The minimum Gasteiger partial charge on any atom is -0.329 e. The molecule has 1 heterocycles. The molecule has 2 rings (SSSR count). The van der Waals surface area contributed by atoms with E-state index in [0.29, 0.717) is 0 Å². The van der Waals surface area contributed by atoms with Crippen molar-refractivity contribution in [2.75, 3.05) is 26.2 Å². The molecular formula is C14H22N4. The summed E-state index contributed by atoms with van der Waals surface area (Å²) in [7, 11) is 0. The van der Waals surface area contributed by atoms with Gasteiger partial charge in [0.05, 0.1) is 17.4 Å². The van der Waals surface area contributed by atoms with Crippen LogP contribution in [0.1, 0.15) is 13.3 Å². The number of para-hydroxylation sites is 2. The smallest absolute Gasteiger partial charge is 0.0958 e. The lowest BCUT2D eigenvalue weighted by Crippen LogP contribution is -2.24. The van der Waals surface area contributed by atoms with Crippen molar-refractivity contribution in [3.63, 3.8) is 0 Å². The number of fused-ring (bicyclic) bond motifs is 1. The predicted octanol–water partition coefficient (Wildman–Crippen LogP) is 1.63.